The largest absolute Gasteiger partial charge is 0.478 e. The number of hydrogen-bond donors (Lipinski definition) is 1. The topological polar surface area (TPSA) is 63.6 Å². The highest BCUT2D eigenvalue weighted by atomic mass is 16.5. The number of carboxylic acid groups (broad SMARTS) is 1. The highest BCUT2D eigenvalue weighted by Gasteiger charge is 2.13. The van der Waals surface area contributed by atoms with Gasteiger partial charge in [-0.1, -0.05) is 59.3 Å². The van der Waals surface area contributed by atoms with Gasteiger partial charge in [-0.25, -0.2) is 9.59 Å². The summed E-state index contributed by atoms with van der Waals surface area (Å²) in [5.74, 6) is -0.941. The van der Waals surface area contributed by atoms with Crippen LogP contribution in [-0.4, -0.2) is 23.1 Å². The van der Waals surface area contributed by atoms with Crippen LogP contribution in [0.4, 0.5) is 0 Å². The first kappa shape index (κ1) is 21.7. The fraction of sp³-hybridized carbons (Fsp3) is 0.789. The van der Waals surface area contributed by atoms with Crippen LogP contribution in [0.3, 0.4) is 0 Å². The van der Waals surface area contributed by atoms with E-state index in [9.17, 15) is 9.59 Å². The summed E-state index contributed by atoms with van der Waals surface area (Å²) in [5, 5.41) is 8.55. The van der Waals surface area contributed by atoms with E-state index in [0.717, 1.165) is 56.6 Å². The van der Waals surface area contributed by atoms with Gasteiger partial charge in [0.15, 0.2) is 0 Å². The van der Waals surface area contributed by atoms with E-state index in [1.54, 1.807) is 0 Å². The Balaban J connectivity index is 4.16. The van der Waals surface area contributed by atoms with Crippen LogP contribution in [0.2, 0.25) is 0 Å². The van der Waals surface area contributed by atoms with Crippen LogP contribution in [0.5, 0.6) is 0 Å². The van der Waals surface area contributed by atoms with Gasteiger partial charge in [0.1, 0.15) is 6.10 Å². The molecule has 0 aliphatic heterocycles. The number of esters is 1. The van der Waals surface area contributed by atoms with E-state index >= 15 is 0 Å². The van der Waals surface area contributed by atoms with E-state index in [4.69, 9.17) is 9.84 Å². The van der Waals surface area contributed by atoms with Crippen molar-refractivity contribution in [3.05, 3.63) is 12.2 Å². The number of carboxylic acids is 1. The number of hydrogen-bond acceptors (Lipinski definition) is 3. The average Bonchev–Trinajstić information content (AvgIpc) is 2.48. The quantitative estimate of drug-likeness (QED) is 0.273. The molecule has 4 nitrogen and oxygen atoms in total. The number of carbonyl (C=O) groups excluding carboxylic acids is 1. The van der Waals surface area contributed by atoms with Crippen LogP contribution in [0.15, 0.2) is 12.2 Å². The van der Waals surface area contributed by atoms with Crippen molar-refractivity contribution in [2.75, 3.05) is 0 Å². The number of rotatable bonds is 14. The molecule has 0 spiro atoms. The first-order chi connectivity index (χ1) is 11.0. The Morgan fingerprint density at radius 1 is 0.913 bits per heavy atom. The van der Waals surface area contributed by atoms with Gasteiger partial charge in [0, 0.05) is 12.2 Å². The average molecular weight is 326 g/mol. The number of ether oxygens (including phenoxy) is 1. The minimum absolute atomic E-state index is 0.0862. The molecular formula is C19H34O4. The summed E-state index contributed by atoms with van der Waals surface area (Å²) in [4.78, 5) is 22.1. The predicted molar refractivity (Wildman–Crippen MR) is 93.3 cm³/mol. The fourth-order valence-electron chi connectivity index (χ4n) is 2.51. The Morgan fingerprint density at radius 3 is 2.00 bits per heavy atom. The van der Waals surface area contributed by atoms with E-state index in [2.05, 4.69) is 20.8 Å². The van der Waals surface area contributed by atoms with Crippen molar-refractivity contribution in [3.63, 3.8) is 0 Å². The van der Waals surface area contributed by atoms with E-state index in [1.807, 2.05) is 0 Å². The Kier molecular flexibility index (Phi) is 13.5. The van der Waals surface area contributed by atoms with Gasteiger partial charge in [0.25, 0.3) is 0 Å². The first-order valence-corrected chi connectivity index (χ1v) is 9.07. The highest BCUT2D eigenvalue weighted by molar-refractivity contribution is 5.90. The van der Waals surface area contributed by atoms with Gasteiger partial charge < -0.3 is 9.84 Å². The molecule has 0 saturated heterocycles. The zero-order valence-corrected chi connectivity index (χ0v) is 15.1. The summed E-state index contributed by atoms with van der Waals surface area (Å²) in [7, 11) is 0. The van der Waals surface area contributed by atoms with Crippen molar-refractivity contribution in [2.45, 2.75) is 91.1 Å². The Hall–Kier alpha value is -1.32. The Labute approximate surface area is 141 Å². The van der Waals surface area contributed by atoms with E-state index in [-0.39, 0.29) is 6.10 Å². The maximum absolute atomic E-state index is 11.7. The maximum atomic E-state index is 11.7. The zero-order valence-electron chi connectivity index (χ0n) is 15.1. The molecule has 0 aromatic carbocycles. The molecular weight excluding hydrogens is 292 g/mol. The summed E-state index contributed by atoms with van der Waals surface area (Å²) in [6.07, 6.45) is 12.8. The van der Waals surface area contributed by atoms with E-state index < -0.39 is 11.9 Å². The monoisotopic (exact) mass is 326 g/mol. The second-order valence-electron chi connectivity index (χ2n) is 6.61. The minimum atomic E-state index is -1.13. The van der Waals surface area contributed by atoms with E-state index in [0.29, 0.717) is 0 Å². The van der Waals surface area contributed by atoms with Crippen molar-refractivity contribution in [3.8, 4) is 0 Å². The number of aliphatic carboxylic acids is 1. The minimum Gasteiger partial charge on any atom is -0.478 e. The van der Waals surface area contributed by atoms with Crippen LogP contribution >= 0.6 is 0 Å². The summed E-state index contributed by atoms with van der Waals surface area (Å²) >= 11 is 0. The Bertz CT molecular complexity index is 347. The normalized spacial score (nSPS) is 12.7. The van der Waals surface area contributed by atoms with Gasteiger partial charge in [0.05, 0.1) is 0 Å². The van der Waals surface area contributed by atoms with Crippen LogP contribution in [-0.2, 0) is 14.3 Å². The lowest BCUT2D eigenvalue weighted by Crippen LogP contribution is -2.17. The molecule has 4 heteroatoms. The van der Waals surface area contributed by atoms with Crippen LogP contribution in [0.25, 0.3) is 0 Å². The van der Waals surface area contributed by atoms with Gasteiger partial charge in [-0.15, -0.1) is 0 Å². The molecule has 0 heterocycles. The molecule has 0 bridgehead atoms. The second kappa shape index (κ2) is 14.3. The smallest absolute Gasteiger partial charge is 0.331 e. The molecule has 0 aromatic heterocycles. The molecule has 1 N–H and O–H groups in total. The lowest BCUT2D eigenvalue weighted by Gasteiger charge is -2.17. The van der Waals surface area contributed by atoms with Gasteiger partial charge in [-0.3, -0.25) is 0 Å². The molecule has 0 fully saturated rings. The molecule has 0 aliphatic rings. The second-order valence-corrected chi connectivity index (χ2v) is 6.61. The van der Waals surface area contributed by atoms with Crippen molar-refractivity contribution in [1.29, 1.82) is 0 Å². The van der Waals surface area contributed by atoms with Crippen molar-refractivity contribution >= 4 is 11.9 Å². The fourth-order valence-corrected chi connectivity index (χ4v) is 2.51. The van der Waals surface area contributed by atoms with Gasteiger partial charge in [0.2, 0.25) is 0 Å². The van der Waals surface area contributed by atoms with Crippen LogP contribution < -0.4 is 0 Å². The van der Waals surface area contributed by atoms with Crippen LogP contribution in [0, 0.1) is 5.92 Å². The number of unbranched alkanes of at least 4 members (excludes halogenated alkanes) is 5. The summed E-state index contributed by atoms with van der Waals surface area (Å²) in [6.45, 7) is 6.63. The van der Waals surface area contributed by atoms with Crippen molar-refractivity contribution in [1.82, 2.24) is 0 Å². The maximum Gasteiger partial charge on any atom is 0.331 e. The van der Waals surface area contributed by atoms with Gasteiger partial charge >= 0.3 is 11.9 Å². The standard InChI is InChI=1S/C19H34O4/c1-4-5-6-9-12-17(13-10-7-8-11-16(2)3)23-19(22)15-14-18(20)21/h14-17H,4-13H2,1-3H3,(H,20,21)/b15-14-. The molecule has 0 saturated carbocycles. The molecule has 23 heavy (non-hydrogen) atoms. The molecule has 0 rings (SSSR count). The lowest BCUT2D eigenvalue weighted by molar-refractivity contribution is -0.144. The molecule has 0 aromatic rings. The predicted octanol–water partition coefficient (Wildman–Crippen LogP) is 5.12. The molecule has 0 amide bonds. The summed E-state index contributed by atoms with van der Waals surface area (Å²) < 4.78 is 5.42. The molecule has 134 valence electrons. The third-order valence-corrected chi connectivity index (χ3v) is 3.83. The zero-order chi connectivity index (χ0) is 17.5. The third kappa shape index (κ3) is 15.4. The number of carbonyl (C=O) groups is 2. The summed E-state index contributed by atoms with van der Waals surface area (Å²) in [5.41, 5.74) is 0. The van der Waals surface area contributed by atoms with Gasteiger partial charge in [-0.05, 0) is 31.6 Å². The Morgan fingerprint density at radius 2 is 1.48 bits per heavy atom. The third-order valence-electron chi connectivity index (χ3n) is 3.83. The molecule has 0 radical (unpaired) electrons. The van der Waals surface area contributed by atoms with Crippen molar-refractivity contribution < 1.29 is 19.4 Å². The molecule has 1 atom stereocenters. The SMILES string of the molecule is CCCCCCC(CCCCCC(C)C)OC(=O)/C=C\C(=O)O. The summed E-state index contributed by atoms with van der Waals surface area (Å²) in [6, 6.07) is 0. The lowest BCUT2D eigenvalue weighted by atomic mass is 10.0. The van der Waals surface area contributed by atoms with Crippen LogP contribution in [0.1, 0.15) is 85.0 Å². The van der Waals surface area contributed by atoms with Crippen molar-refractivity contribution in [2.24, 2.45) is 5.92 Å². The molecule has 1 unspecified atom stereocenters. The van der Waals surface area contributed by atoms with Gasteiger partial charge in [-0.2, -0.15) is 0 Å². The highest BCUT2D eigenvalue weighted by Crippen LogP contribution is 2.17. The first-order valence-electron chi connectivity index (χ1n) is 9.07. The molecule has 0 aliphatic carbocycles. The van der Waals surface area contributed by atoms with E-state index in [1.165, 1.54) is 25.7 Å².